The highest BCUT2D eigenvalue weighted by Crippen LogP contribution is 2.42. The average Bonchev–Trinajstić information content (AvgIpc) is 3.30. The summed E-state index contributed by atoms with van der Waals surface area (Å²) in [5.41, 5.74) is 5.76. The molecule has 0 heterocycles. The molecule has 0 aromatic heterocycles. The molecule has 2 fully saturated rings. The van der Waals surface area contributed by atoms with Gasteiger partial charge in [0, 0.05) is 18.6 Å². The summed E-state index contributed by atoms with van der Waals surface area (Å²) >= 11 is 0. The third kappa shape index (κ3) is 3.04. The molecule has 2 aliphatic carbocycles. The molecule has 0 amide bonds. The van der Waals surface area contributed by atoms with E-state index in [4.69, 9.17) is 5.73 Å². The molecule has 118 valence electrons. The monoisotopic (exact) mass is 302 g/mol. The Kier molecular flexibility index (Phi) is 5.14. The maximum absolute atomic E-state index is 12.8. The van der Waals surface area contributed by atoms with Crippen LogP contribution in [0, 0.1) is 5.92 Å². The molecule has 0 aromatic carbocycles. The Bertz CT molecular complexity index is 410. The SMILES string of the molecule is CCCN(C1(CN)CCC(CC)CC1)S(=O)(=O)C1CC1. The molecule has 0 saturated heterocycles. The number of hydrogen-bond donors (Lipinski definition) is 1. The largest absolute Gasteiger partial charge is 0.329 e. The van der Waals surface area contributed by atoms with Crippen LogP contribution in [0.15, 0.2) is 0 Å². The van der Waals surface area contributed by atoms with Gasteiger partial charge in [0.2, 0.25) is 10.0 Å². The Morgan fingerprint density at radius 1 is 1.15 bits per heavy atom. The standard InChI is InChI=1S/C15H30N2O2S/c1-3-11-17(20(18,19)14-5-6-14)15(12-16)9-7-13(4-2)8-10-15/h13-14H,3-12,16H2,1-2H3. The topological polar surface area (TPSA) is 63.4 Å². The van der Waals surface area contributed by atoms with Crippen LogP contribution in [-0.2, 0) is 10.0 Å². The van der Waals surface area contributed by atoms with Gasteiger partial charge in [-0.1, -0.05) is 20.3 Å². The minimum absolute atomic E-state index is 0.124. The molecule has 0 atom stereocenters. The predicted octanol–water partition coefficient (Wildman–Crippen LogP) is 2.49. The van der Waals surface area contributed by atoms with Crippen molar-refractivity contribution in [2.24, 2.45) is 11.7 Å². The first-order chi connectivity index (χ1) is 9.50. The van der Waals surface area contributed by atoms with E-state index in [1.165, 1.54) is 6.42 Å². The van der Waals surface area contributed by atoms with Crippen LogP contribution >= 0.6 is 0 Å². The zero-order chi connectivity index (χ0) is 14.8. The second-order valence-corrected chi connectivity index (χ2v) is 8.73. The molecule has 2 rings (SSSR count). The summed E-state index contributed by atoms with van der Waals surface area (Å²) in [6.07, 6.45) is 7.85. The van der Waals surface area contributed by atoms with E-state index in [2.05, 4.69) is 13.8 Å². The fourth-order valence-corrected chi connectivity index (χ4v) is 5.89. The normalized spacial score (nSPS) is 31.7. The van der Waals surface area contributed by atoms with Gasteiger partial charge in [-0.15, -0.1) is 0 Å². The lowest BCUT2D eigenvalue weighted by molar-refractivity contribution is 0.110. The first-order valence-corrected chi connectivity index (χ1v) is 9.72. The van der Waals surface area contributed by atoms with Crippen molar-refractivity contribution in [3.8, 4) is 0 Å². The molecular formula is C15H30N2O2S. The minimum atomic E-state index is -3.13. The van der Waals surface area contributed by atoms with Crippen LogP contribution in [0.4, 0.5) is 0 Å². The summed E-state index contributed by atoms with van der Waals surface area (Å²) in [6, 6.07) is 0. The highest BCUT2D eigenvalue weighted by molar-refractivity contribution is 7.90. The van der Waals surface area contributed by atoms with Crippen molar-refractivity contribution in [3.63, 3.8) is 0 Å². The second-order valence-electron chi connectivity index (χ2n) is 6.60. The van der Waals surface area contributed by atoms with Gasteiger partial charge in [-0.25, -0.2) is 8.42 Å². The summed E-state index contributed by atoms with van der Waals surface area (Å²) in [6.45, 7) is 5.38. The van der Waals surface area contributed by atoms with Gasteiger partial charge in [0.05, 0.1) is 5.25 Å². The van der Waals surface area contributed by atoms with E-state index in [0.29, 0.717) is 13.1 Å². The number of sulfonamides is 1. The van der Waals surface area contributed by atoms with Crippen molar-refractivity contribution in [3.05, 3.63) is 0 Å². The van der Waals surface area contributed by atoms with Crippen LogP contribution in [0.2, 0.25) is 0 Å². The minimum Gasteiger partial charge on any atom is -0.329 e. The summed E-state index contributed by atoms with van der Waals surface area (Å²) in [7, 11) is -3.13. The average molecular weight is 302 g/mol. The Morgan fingerprint density at radius 2 is 1.75 bits per heavy atom. The van der Waals surface area contributed by atoms with E-state index < -0.39 is 10.0 Å². The molecule has 0 aliphatic heterocycles. The highest BCUT2D eigenvalue weighted by atomic mass is 32.2. The van der Waals surface area contributed by atoms with Crippen LogP contribution in [0.3, 0.4) is 0 Å². The van der Waals surface area contributed by atoms with Gasteiger partial charge in [-0.05, 0) is 50.9 Å². The zero-order valence-electron chi connectivity index (χ0n) is 13.0. The van der Waals surface area contributed by atoms with Crippen molar-refractivity contribution in [1.29, 1.82) is 0 Å². The molecule has 4 nitrogen and oxygen atoms in total. The molecule has 0 aromatic rings. The smallest absolute Gasteiger partial charge is 0.217 e. The van der Waals surface area contributed by atoms with Gasteiger partial charge in [0.25, 0.3) is 0 Å². The van der Waals surface area contributed by atoms with Gasteiger partial charge in [-0.3, -0.25) is 0 Å². The molecule has 5 heteroatoms. The Balaban J connectivity index is 2.21. The molecule has 0 unspecified atom stereocenters. The van der Waals surface area contributed by atoms with E-state index in [9.17, 15) is 8.42 Å². The van der Waals surface area contributed by atoms with Gasteiger partial charge in [0.1, 0.15) is 0 Å². The van der Waals surface area contributed by atoms with Gasteiger partial charge in [0.15, 0.2) is 0 Å². The second kappa shape index (κ2) is 6.32. The van der Waals surface area contributed by atoms with Crippen molar-refractivity contribution >= 4 is 10.0 Å². The first-order valence-electron chi connectivity index (χ1n) is 8.22. The summed E-state index contributed by atoms with van der Waals surface area (Å²) in [5.74, 6) is 0.752. The Morgan fingerprint density at radius 3 is 2.15 bits per heavy atom. The number of hydrogen-bond acceptors (Lipinski definition) is 3. The van der Waals surface area contributed by atoms with Gasteiger partial charge in [-0.2, -0.15) is 4.31 Å². The van der Waals surface area contributed by atoms with Crippen LogP contribution in [0.5, 0.6) is 0 Å². The third-order valence-electron chi connectivity index (χ3n) is 5.20. The van der Waals surface area contributed by atoms with Crippen molar-refractivity contribution in [2.45, 2.75) is 76.0 Å². The van der Waals surface area contributed by atoms with E-state index in [1.54, 1.807) is 0 Å². The highest BCUT2D eigenvalue weighted by Gasteiger charge is 2.49. The zero-order valence-corrected chi connectivity index (χ0v) is 13.8. The number of rotatable bonds is 7. The maximum atomic E-state index is 12.8. The third-order valence-corrected chi connectivity index (χ3v) is 7.70. The molecule has 2 aliphatic rings. The van der Waals surface area contributed by atoms with Gasteiger partial charge >= 0.3 is 0 Å². The van der Waals surface area contributed by atoms with Crippen molar-refractivity contribution in [2.75, 3.05) is 13.1 Å². The van der Waals surface area contributed by atoms with Crippen LogP contribution in [0.25, 0.3) is 0 Å². The van der Waals surface area contributed by atoms with E-state index >= 15 is 0 Å². The lowest BCUT2D eigenvalue weighted by atomic mass is 9.75. The maximum Gasteiger partial charge on any atom is 0.217 e. The number of nitrogens with two attached hydrogens (primary N) is 1. The number of nitrogens with zero attached hydrogens (tertiary/aromatic N) is 1. The van der Waals surface area contributed by atoms with Crippen LogP contribution in [-0.4, -0.2) is 36.6 Å². The van der Waals surface area contributed by atoms with Crippen molar-refractivity contribution < 1.29 is 8.42 Å². The molecule has 2 N–H and O–H groups in total. The van der Waals surface area contributed by atoms with E-state index in [-0.39, 0.29) is 10.8 Å². The Hall–Kier alpha value is -0.130. The molecule has 20 heavy (non-hydrogen) atoms. The molecule has 2 saturated carbocycles. The van der Waals surface area contributed by atoms with E-state index in [0.717, 1.165) is 50.9 Å². The fourth-order valence-electron chi connectivity index (χ4n) is 3.56. The summed E-state index contributed by atoms with van der Waals surface area (Å²) in [5, 5.41) is -0.124. The van der Waals surface area contributed by atoms with Crippen molar-refractivity contribution in [1.82, 2.24) is 4.31 Å². The van der Waals surface area contributed by atoms with Crippen LogP contribution < -0.4 is 5.73 Å². The quantitative estimate of drug-likeness (QED) is 0.786. The van der Waals surface area contributed by atoms with Crippen LogP contribution in [0.1, 0.15) is 65.2 Å². The lowest BCUT2D eigenvalue weighted by Gasteiger charge is -2.46. The molecule has 0 spiro atoms. The first kappa shape index (κ1) is 16.2. The Labute approximate surface area is 124 Å². The fraction of sp³-hybridized carbons (Fsp3) is 1.00. The van der Waals surface area contributed by atoms with E-state index in [1.807, 2.05) is 4.31 Å². The molecule has 0 radical (unpaired) electrons. The molecule has 0 bridgehead atoms. The summed E-state index contributed by atoms with van der Waals surface area (Å²) in [4.78, 5) is 0. The summed E-state index contributed by atoms with van der Waals surface area (Å²) < 4.78 is 27.3. The lowest BCUT2D eigenvalue weighted by Crippen LogP contribution is -2.58. The predicted molar refractivity (Wildman–Crippen MR) is 83.0 cm³/mol. The van der Waals surface area contributed by atoms with Gasteiger partial charge < -0.3 is 5.73 Å². The molecular weight excluding hydrogens is 272 g/mol.